The third kappa shape index (κ3) is 5.08. The summed E-state index contributed by atoms with van der Waals surface area (Å²) in [5.74, 6) is 0.985. The Bertz CT molecular complexity index is 879. The second-order valence-corrected chi connectivity index (χ2v) is 7.56. The second-order valence-electron chi connectivity index (χ2n) is 7.56. The van der Waals surface area contributed by atoms with Crippen LogP contribution >= 0.6 is 0 Å². The fourth-order valence-electron chi connectivity index (χ4n) is 3.36. The molecule has 0 aromatic heterocycles. The first-order valence-electron chi connectivity index (χ1n) is 9.93. The molecule has 2 aromatic rings. The number of carboxylic acids is 1. The molecule has 0 spiro atoms. The van der Waals surface area contributed by atoms with Gasteiger partial charge in [0.05, 0.1) is 19.9 Å². The molecule has 0 saturated carbocycles. The molecule has 0 bridgehead atoms. The summed E-state index contributed by atoms with van der Waals surface area (Å²) >= 11 is 0. The van der Waals surface area contributed by atoms with E-state index < -0.39 is 12.0 Å². The maximum absolute atomic E-state index is 11.4. The van der Waals surface area contributed by atoms with Crippen LogP contribution in [0, 0.1) is 5.92 Å². The van der Waals surface area contributed by atoms with Gasteiger partial charge in [-0.05, 0) is 42.0 Å². The van der Waals surface area contributed by atoms with Crippen molar-refractivity contribution in [2.45, 2.75) is 32.7 Å². The van der Waals surface area contributed by atoms with Crippen LogP contribution in [0.1, 0.15) is 32.3 Å². The van der Waals surface area contributed by atoms with Gasteiger partial charge in [-0.3, -0.25) is 5.01 Å². The average molecular weight is 396 g/mol. The van der Waals surface area contributed by atoms with Crippen LogP contribution in [0.4, 0.5) is 0 Å². The van der Waals surface area contributed by atoms with Crippen LogP contribution in [-0.2, 0) is 4.79 Å². The van der Waals surface area contributed by atoms with E-state index in [4.69, 9.17) is 9.47 Å². The molecule has 1 heterocycles. The average Bonchev–Trinajstić information content (AvgIpc) is 3.19. The van der Waals surface area contributed by atoms with Crippen LogP contribution in [0.2, 0.25) is 0 Å². The molecule has 1 atom stereocenters. The van der Waals surface area contributed by atoms with Crippen molar-refractivity contribution in [3.63, 3.8) is 0 Å². The van der Waals surface area contributed by atoms with Gasteiger partial charge in [0.1, 0.15) is 6.04 Å². The highest BCUT2D eigenvalue weighted by molar-refractivity contribution is 5.90. The Morgan fingerprint density at radius 1 is 1.28 bits per heavy atom. The first-order valence-corrected chi connectivity index (χ1v) is 9.93. The summed E-state index contributed by atoms with van der Waals surface area (Å²) in [7, 11) is 1.63. The van der Waals surface area contributed by atoms with Gasteiger partial charge in [0, 0.05) is 12.1 Å². The molecule has 1 unspecified atom stereocenters. The normalized spacial score (nSPS) is 16.6. The number of methoxy groups -OCH3 is 1. The molecular formula is C23H28N2O4. The van der Waals surface area contributed by atoms with E-state index in [1.807, 2.05) is 42.5 Å². The monoisotopic (exact) mass is 396 g/mol. The summed E-state index contributed by atoms with van der Waals surface area (Å²) in [6.07, 6.45) is 3.21. The topological polar surface area (TPSA) is 71.4 Å². The van der Waals surface area contributed by atoms with Crippen molar-refractivity contribution in [1.82, 2.24) is 5.01 Å². The van der Waals surface area contributed by atoms with Gasteiger partial charge in [-0.25, -0.2) is 4.79 Å². The molecule has 1 fully saturated rings. The number of ether oxygens (including phenoxy) is 2. The molecule has 1 saturated heterocycles. The van der Waals surface area contributed by atoms with Crippen molar-refractivity contribution in [3.8, 4) is 22.6 Å². The standard InChI is InChI=1S/C23H28N2O4/c1-16(2)15-29-22-13-17(10-11-21(22)28-3)19-8-5-4-7-18(19)14-24-25-12-6-9-20(25)23(26)27/h4-5,7-8,10-11,13-14,16,20H,6,9,12,15H2,1-3H3,(H,26,27)/b24-14+. The van der Waals surface area contributed by atoms with E-state index in [-0.39, 0.29) is 0 Å². The highest BCUT2D eigenvalue weighted by Gasteiger charge is 2.29. The predicted octanol–water partition coefficient (Wildman–Crippen LogP) is 4.28. The molecule has 3 rings (SSSR count). The van der Waals surface area contributed by atoms with Crippen molar-refractivity contribution in [3.05, 3.63) is 48.0 Å². The molecule has 1 aliphatic heterocycles. The van der Waals surface area contributed by atoms with Crippen LogP contribution in [-0.4, -0.2) is 48.6 Å². The zero-order valence-electron chi connectivity index (χ0n) is 17.2. The largest absolute Gasteiger partial charge is 0.493 e. The summed E-state index contributed by atoms with van der Waals surface area (Å²) in [4.78, 5) is 11.4. The minimum absolute atomic E-state index is 0.408. The minimum Gasteiger partial charge on any atom is -0.493 e. The summed E-state index contributed by atoms with van der Waals surface area (Å²) in [5.41, 5.74) is 2.91. The number of nitrogens with zero attached hydrogens (tertiary/aromatic N) is 2. The van der Waals surface area contributed by atoms with Crippen molar-refractivity contribution in [2.24, 2.45) is 11.0 Å². The number of hydrogen-bond donors (Lipinski definition) is 1. The van der Waals surface area contributed by atoms with E-state index in [9.17, 15) is 9.90 Å². The second kappa shape index (κ2) is 9.45. The highest BCUT2D eigenvalue weighted by Crippen LogP contribution is 2.34. The number of aliphatic carboxylic acids is 1. The molecule has 1 aliphatic rings. The fraction of sp³-hybridized carbons (Fsp3) is 0.391. The molecule has 0 amide bonds. The Balaban J connectivity index is 1.89. The van der Waals surface area contributed by atoms with Crippen LogP contribution in [0.15, 0.2) is 47.6 Å². The molecule has 6 nitrogen and oxygen atoms in total. The molecule has 29 heavy (non-hydrogen) atoms. The summed E-state index contributed by atoms with van der Waals surface area (Å²) in [6.45, 7) is 5.47. The Morgan fingerprint density at radius 3 is 2.79 bits per heavy atom. The van der Waals surface area contributed by atoms with Gasteiger partial charge in [0.2, 0.25) is 0 Å². The third-order valence-electron chi connectivity index (χ3n) is 4.86. The number of rotatable bonds is 8. The molecule has 2 aromatic carbocycles. The van der Waals surface area contributed by atoms with E-state index in [1.54, 1.807) is 18.3 Å². The van der Waals surface area contributed by atoms with Crippen molar-refractivity contribution in [2.75, 3.05) is 20.3 Å². The van der Waals surface area contributed by atoms with Gasteiger partial charge in [-0.1, -0.05) is 44.2 Å². The van der Waals surface area contributed by atoms with E-state index in [0.717, 1.165) is 23.1 Å². The van der Waals surface area contributed by atoms with Crippen LogP contribution in [0.5, 0.6) is 11.5 Å². The summed E-state index contributed by atoms with van der Waals surface area (Å²) in [5, 5.41) is 15.5. The Labute approximate surface area is 171 Å². The molecular weight excluding hydrogens is 368 g/mol. The smallest absolute Gasteiger partial charge is 0.328 e. The van der Waals surface area contributed by atoms with E-state index in [2.05, 4.69) is 18.9 Å². The fourth-order valence-corrected chi connectivity index (χ4v) is 3.36. The van der Waals surface area contributed by atoms with Crippen LogP contribution < -0.4 is 9.47 Å². The van der Waals surface area contributed by atoms with Gasteiger partial charge in [-0.2, -0.15) is 5.10 Å². The summed E-state index contributed by atoms with van der Waals surface area (Å²) < 4.78 is 11.4. The third-order valence-corrected chi connectivity index (χ3v) is 4.86. The first-order chi connectivity index (χ1) is 14.0. The minimum atomic E-state index is -0.824. The lowest BCUT2D eigenvalue weighted by molar-refractivity contribution is -0.142. The van der Waals surface area contributed by atoms with E-state index in [1.165, 1.54) is 0 Å². The maximum Gasteiger partial charge on any atom is 0.328 e. The van der Waals surface area contributed by atoms with Crippen LogP contribution in [0.25, 0.3) is 11.1 Å². The SMILES string of the molecule is COc1ccc(-c2ccccc2/C=N/N2CCCC2C(=O)O)cc1OCC(C)C. The van der Waals surface area contributed by atoms with E-state index >= 15 is 0 Å². The zero-order valence-corrected chi connectivity index (χ0v) is 17.2. The Hall–Kier alpha value is -3.02. The van der Waals surface area contributed by atoms with Crippen LogP contribution in [0.3, 0.4) is 0 Å². The highest BCUT2D eigenvalue weighted by atomic mass is 16.5. The van der Waals surface area contributed by atoms with Gasteiger partial charge in [0.25, 0.3) is 0 Å². The van der Waals surface area contributed by atoms with Crippen molar-refractivity contribution < 1.29 is 19.4 Å². The lowest BCUT2D eigenvalue weighted by Gasteiger charge is -2.17. The number of benzene rings is 2. The predicted molar refractivity (Wildman–Crippen MR) is 114 cm³/mol. The van der Waals surface area contributed by atoms with E-state index in [0.29, 0.717) is 37.0 Å². The van der Waals surface area contributed by atoms with Gasteiger partial charge >= 0.3 is 5.97 Å². The molecule has 0 aliphatic carbocycles. The molecule has 0 radical (unpaired) electrons. The maximum atomic E-state index is 11.4. The molecule has 1 N–H and O–H groups in total. The van der Waals surface area contributed by atoms with Crippen molar-refractivity contribution in [1.29, 1.82) is 0 Å². The molecule has 154 valence electrons. The van der Waals surface area contributed by atoms with Gasteiger partial charge < -0.3 is 14.6 Å². The molecule has 6 heteroatoms. The Kier molecular flexibility index (Phi) is 6.75. The quantitative estimate of drug-likeness (QED) is 0.675. The summed E-state index contributed by atoms with van der Waals surface area (Å²) in [6, 6.07) is 13.2. The number of hydrazone groups is 1. The number of carbonyl (C=O) groups is 1. The van der Waals surface area contributed by atoms with Crippen molar-refractivity contribution >= 4 is 12.2 Å². The Morgan fingerprint density at radius 2 is 2.07 bits per heavy atom. The van der Waals surface area contributed by atoms with Gasteiger partial charge in [-0.15, -0.1) is 0 Å². The van der Waals surface area contributed by atoms with Gasteiger partial charge in [0.15, 0.2) is 11.5 Å². The lowest BCUT2D eigenvalue weighted by Crippen LogP contribution is -2.32. The lowest BCUT2D eigenvalue weighted by atomic mass is 10.00. The number of carboxylic acid groups (broad SMARTS) is 1. The number of hydrogen-bond acceptors (Lipinski definition) is 5. The first kappa shape index (κ1) is 20.7. The zero-order chi connectivity index (χ0) is 20.8.